The Bertz CT molecular complexity index is 505. The predicted octanol–water partition coefficient (Wildman–Crippen LogP) is 1.77. The van der Waals surface area contributed by atoms with Gasteiger partial charge in [-0.2, -0.15) is 0 Å². The summed E-state index contributed by atoms with van der Waals surface area (Å²) >= 11 is 3.57. The van der Waals surface area contributed by atoms with E-state index in [2.05, 4.69) is 32.8 Å². The van der Waals surface area contributed by atoms with Gasteiger partial charge in [0.2, 0.25) is 0 Å². The first-order valence-electron chi connectivity index (χ1n) is 4.00. The van der Waals surface area contributed by atoms with Crippen molar-refractivity contribution in [3.8, 4) is 0 Å². The van der Waals surface area contributed by atoms with Gasteiger partial charge in [-0.15, -0.1) is 11.3 Å². The van der Waals surface area contributed by atoms with Crippen molar-refractivity contribution in [2.24, 2.45) is 0 Å². The molecule has 74 valence electrons. The molecule has 4 nitrogen and oxygen atoms in total. The van der Waals surface area contributed by atoms with E-state index < -0.39 is 0 Å². The number of aromatic amines is 1. The minimum Gasteiger partial charge on any atom is -0.308 e. The van der Waals surface area contributed by atoms with Gasteiger partial charge in [0.1, 0.15) is 10.5 Å². The number of hydrogen-bond donors (Lipinski definition) is 1. The number of rotatable bonds is 2. The summed E-state index contributed by atoms with van der Waals surface area (Å²) in [6.07, 6.45) is 0. The molecule has 0 aliphatic carbocycles. The van der Waals surface area contributed by atoms with Crippen LogP contribution in [0.25, 0.3) is 10.2 Å². The molecule has 0 fully saturated rings. The standard InChI is InChI=1S/C8H8IN3OS/c1-12(9)4-6-10-5-2-3-14-7(5)8(13)11-6/h2-3H,4H2,1H3,(H,10,11,13). The summed E-state index contributed by atoms with van der Waals surface area (Å²) in [5.41, 5.74) is 0.741. The molecule has 6 heteroatoms. The number of nitrogens with one attached hydrogen (secondary N) is 1. The molecule has 0 bridgehead atoms. The number of fused-ring (bicyclic) bond motifs is 1. The molecule has 0 unspecified atom stereocenters. The number of aromatic nitrogens is 2. The van der Waals surface area contributed by atoms with Gasteiger partial charge in [0, 0.05) is 22.9 Å². The lowest BCUT2D eigenvalue weighted by Gasteiger charge is -2.05. The van der Waals surface area contributed by atoms with Crippen molar-refractivity contribution >= 4 is 44.4 Å². The summed E-state index contributed by atoms with van der Waals surface area (Å²) in [7, 11) is 1.93. The van der Waals surface area contributed by atoms with E-state index in [0.29, 0.717) is 17.1 Å². The SMILES string of the molecule is CN(I)Cc1nc2ccsc2c(=O)[nH]1. The molecule has 1 N–H and O–H groups in total. The maximum Gasteiger partial charge on any atom is 0.268 e. The van der Waals surface area contributed by atoms with Crippen LogP contribution in [-0.4, -0.2) is 20.1 Å². The van der Waals surface area contributed by atoms with Crippen molar-refractivity contribution in [2.45, 2.75) is 6.54 Å². The normalized spacial score (nSPS) is 11.4. The summed E-state index contributed by atoms with van der Waals surface area (Å²) in [6, 6.07) is 1.87. The van der Waals surface area contributed by atoms with Gasteiger partial charge in [-0.05, 0) is 18.5 Å². The van der Waals surface area contributed by atoms with Crippen LogP contribution in [0.5, 0.6) is 0 Å². The molecular formula is C8H8IN3OS. The van der Waals surface area contributed by atoms with E-state index in [4.69, 9.17) is 0 Å². The van der Waals surface area contributed by atoms with Crippen LogP contribution in [0, 0.1) is 0 Å². The van der Waals surface area contributed by atoms with E-state index in [1.165, 1.54) is 11.3 Å². The van der Waals surface area contributed by atoms with E-state index in [1.807, 2.05) is 21.6 Å². The fraction of sp³-hybridized carbons (Fsp3) is 0.250. The van der Waals surface area contributed by atoms with Crippen molar-refractivity contribution in [2.75, 3.05) is 7.05 Å². The van der Waals surface area contributed by atoms with Gasteiger partial charge < -0.3 is 4.98 Å². The molecule has 0 spiro atoms. The van der Waals surface area contributed by atoms with Gasteiger partial charge in [0.25, 0.3) is 5.56 Å². The first-order valence-corrected chi connectivity index (χ1v) is 5.84. The Labute approximate surface area is 98.5 Å². The molecule has 0 radical (unpaired) electrons. The van der Waals surface area contributed by atoms with E-state index in [9.17, 15) is 4.79 Å². The highest BCUT2D eigenvalue weighted by Crippen LogP contribution is 2.14. The zero-order chi connectivity index (χ0) is 10.1. The van der Waals surface area contributed by atoms with Crippen LogP contribution in [0.3, 0.4) is 0 Å². The summed E-state index contributed by atoms with van der Waals surface area (Å²) in [5, 5.41) is 1.88. The van der Waals surface area contributed by atoms with E-state index in [1.54, 1.807) is 0 Å². The van der Waals surface area contributed by atoms with Crippen molar-refractivity contribution in [1.82, 2.24) is 13.1 Å². The highest BCUT2D eigenvalue weighted by Gasteiger charge is 2.05. The average Bonchev–Trinajstić information content (AvgIpc) is 2.50. The predicted molar refractivity (Wildman–Crippen MR) is 65.7 cm³/mol. The van der Waals surface area contributed by atoms with E-state index >= 15 is 0 Å². The number of H-pyrrole nitrogens is 1. The van der Waals surface area contributed by atoms with Gasteiger partial charge in [0.15, 0.2) is 0 Å². The third kappa shape index (κ3) is 1.96. The smallest absolute Gasteiger partial charge is 0.268 e. The summed E-state index contributed by atoms with van der Waals surface area (Å²) < 4.78 is 2.64. The third-order valence-corrected chi connectivity index (χ3v) is 2.98. The molecule has 0 amide bonds. The number of hydrogen-bond acceptors (Lipinski definition) is 4. The second-order valence-corrected chi connectivity index (χ2v) is 5.47. The molecule has 14 heavy (non-hydrogen) atoms. The van der Waals surface area contributed by atoms with Gasteiger partial charge in [0.05, 0.1) is 12.1 Å². The Kier molecular flexibility index (Phi) is 2.84. The van der Waals surface area contributed by atoms with Crippen molar-refractivity contribution in [1.29, 1.82) is 0 Å². The molecule has 2 heterocycles. The van der Waals surface area contributed by atoms with Crippen LogP contribution < -0.4 is 5.56 Å². The lowest BCUT2D eigenvalue weighted by atomic mass is 10.4. The molecule has 2 rings (SSSR count). The topological polar surface area (TPSA) is 49.0 Å². The maximum absolute atomic E-state index is 11.5. The summed E-state index contributed by atoms with van der Waals surface area (Å²) in [5.74, 6) is 0.706. The monoisotopic (exact) mass is 321 g/mol. The number of halogens is 1. The fourth-order valence-corrected chi connectivity index (χ4v) is 2.25. The molecule has 2 aromatic rings. The first kappa shape index (κ1) is 10.1. The van der Waals surface area contributed by atoms with Gasteiger partial charge in [-0.25, -0.2) is 8.10 Å². The van der Waals surface area contributed by atoms with Gasteiger partial charge in [-0.1, -0.05) is 0 Å². The summed E-state index contributed by atoms with van der Waals surface area (Å²) in [6.45, 7) is 0.640. The molecule has 0 aromatic carbocycles. The lowest BCUT2D eigenvalue weighted by molar-refractivity contribution is 0.584. The van der Waals surface area contributed by atoms with Crippen LogP contribution in [0.2, 0.25) is 0 Å². The Morgan fingerprint density at radius 1 is 1.71 bits per heavy atom. The second-order valence-electron chi connectivity index (χ2n) is 2.91. The molecule has 0 saturated carbocycles. The minimum absolute atomic E-state index is 0.0433. The minimum atomic E-state index is -0.0433. The Balaban J connectivity index is 2.53. The Hall–Kier alpha value is -0.470. The van der Waals surface area contributed by atoms with Gasteiger partial charge in [-0.3, -0.25) is 4.79 Å². The van der Waals surface area contributed by atoms with Crippen LogP contribution in [0.1, 0.15) is 5.82 Å². The quantitative estimate of drug-likeness (QED) is 0.677. The van der Waals surface area contributed by atoms with E-state index in [0.717, 1.165) is 5.52 Å². The summed E-state index contributed by atoms with van der Waals surface area (Å²) in [4.78, 5) is 18.6. The van der Waals surface area contributed by atoms with Crippen molar-refractivity contribution in [3.05, 3.63) is 27.6 Å². The molecule has 0 saturated heterocycles. The molecule has 0 atom stereocenters. The molecule has 0 aliphatic rings. The Morgan fingerprint density at radius 3 is 3.21 bits per heavy atom. The van der Waals surface area contributed by atoms with Crippen molar-refractivity contribution in [3.63, 3.8) is 0 Å². The average molecular weight is 321 g/mol. The molecular weight excluding hydrogens is 313 g/mol. The van der Waals surface area contributed by atoms with Crippen LogP contribution in [-0.2, 0) is 6.54 Å². The first-order chi connectivity index (χ1) is 6.66. The van der Waals surface area contributed by atoms with Gasteiger partial charge >= 0.3 is 0 Å². The zero-order valence-corrected chi connectivity index (χ0v) is 10.4. The second kappa shape index (κ2) is 3.95. The van der Waals surface area contributed by atoms with E-state index in [-0.39, 0.29) is 5.56 Å². The zero-order valence-electron chi connectivity index (χ0n) is 7.45. The number of nitrogens with zero attached hydrogens (tertiary/aromatic N) is 2. The number of thiophene rings is 1. The maximum atomic E-state index is 11.5. The van der Waals surface area contributed by atoms with Crippen LogP contribution in [0.15, 0.2) is 16.2 Å². The third-order valence-electron chi connectivity index (χ3n) is 1.73. The van der Waals surface area contributed by atoms with Crippen LogP contribution in [0.4, 0.5) is 0 Å². The Morgan fingerprint density at radius 2 is 2.50 bits per heavy atom. The van der Waals surface area contributed by atoms with Crippen LogP contribution >= 0.6 is 34.2 Å². The molecule has 0 aliphatic heterocycles. The molecule has 2 aromatic heterocycles. The highest BCUT2D eigenvalue weighted by atomic mass is 127. The lowest BCUT2D eigenvalue weighted by Crippen LogP contribution is -2.14. The van der Waals surface area contributed by atoms with Crippen molar-refractivity contribution < 1.29 is 0 Å². The largest absolute Gasteiger partial charge is 0.308 e. The highest BCUT2D eigenvalue weighted by molar-refractivity contribution is 14.1. The fourth-order valence-electron chi connectivity index (χ4n) is 1.20.